The molecule has 0 aromatic carbocycles. The van der Waals surface area contributed by atoms with Gasteiger partial charge in [-0.2, -0.15) is 0 Å². The zero-order valence-corrected chi connectivity index (χ0v) is 13.4. The van der Waals surface area contributed by atoms with Crippen molar-refractivity contribution in [1.82, 2.24) is 15.5 Å². The summed E-state index contributed by atoms with van der Waals surface area (Å²) >= 11 is 1.79. The highest BCUT2D eigenvalue weighted by atomic mass is 32.1. The van der Waals surface area contributed by atoms with Crippen LogP contribution in [0.4, 0.5) is 0 Å². The maximum atomic E-state index is 4.69. The van der Waals surface area contributed by atoms with Crippen LogP contribution in [0.25, 0.3) is 0 Å². The summed E-state index contributed by atoms with van der Waals surface area (Å²) in [6, 6.07) is 4.99. The highest BCUT2D eigenvalue weighted by molar-refractivity contribution is 7.10. The summed E-state index contributed by atoms with van der Waals surface area (Å²) in [6.07, 6.45) is 0. The molecule has 0 radical (unpaired) electrons. The Balaban J connectivity index is 2.72. The van der Waals surface area contributed by atoms with Gasteiger partial charge in [0, 0.05) is 17.5 Å². The quantitative estimate of drug-likeness (QED) is 0.621. The van der Waals surface area contributed by atoms with E-state index in [0.717, 1.165) is 19.0 Å². The lowest BCUT2D eigenvalue weighted by Crippen LogP contribution is -2.41. The first kappa shape index (κ1) is 16.0. The van der Waals surface area contributed by atoms with Gasteiger partial charge in [-0.3, -0.25) is 4.99 Å². The zero-order valence-electron chi connectivity index (χ0n) is 12.6. The molecule has 5 heteroatoms. The molecule has 0 saturated heterocycles. The van der Waals surface area contributed by atoms with Crippen molar-refractivity contribution >= 4 is 17.3 Å². The van der Waals surface area contributed by atoms with Gasteiger partial charge in [-0.25, -0.2) is 0 Å². The Kier molecular flexibility index (Phi) is 6.87. The van der Waals surface area contributed by atoms with E-state index in [4.69, 9.17) is 4.99 Å². The van der Waals surface area contributed by atoms with Crippen molar-refractivity contribution < 1.29 is 0 Å². The van der Waals surface area contributed by atoms with E-state index in [1.54, 1.807) is 11.3 Å². The second-order valence-electron chi connectivity index (χ2n) is 5.01. The van der Waals surface area contributed by atoms with Crippen LogP contribution in [0.1, 0.15) is 31.7 Å². The van der Waals surface area contributed by atoms with Gasteiger partial charge in [0.05, 0.1) is 12.6 Å². The highest BCUT2D eigenvalue weighted by Crippen LogP contribution is 2.23. The van der Waals surface area contributed by atoms with E-state index in [9.17, 15) is 0 Å². The van der Waals surface area contributed by atoms with Gasteiger partial charge in [-0.1, -0.05) is 6.07 Å². The third-order valence-electron chi connectivity index (χ3n) is 2.69. The molecule has 0 fully saturated rings. The number of guanidine groups is 1. The number of nitrogens with zero attached hydrogens (tertiary/aromatic N) is 2. The minimum atomic E-state index is 0.336. The minimum Gasteiger partial charge on any atom is -0.357 e. The van der Waals surface area contributed by atoms with Gasteiger partial charge < -0.3 is 15.5 Å². The molecule has 1 unspecified atom stereocenters. The first-order valence-corrected chi connectivity index (χ1v) is 7.67. The summed E-state index contributed by atoms with van der Waals surface area (Å²) in [5.74, 6) is 0.890. The van der Waals surface area contributed by atoms with Crippen LogP contribution in [0.3, 0.4) is 0 Å². The molecule has 1 aromatic heterocycles. The van der Waals surface area contributed by atoms with Crippen LogP contribution in [-0.2, 0) is 0 Å². The molecule has 108 valence electrons. The van der Waals surface area contributed by atoms with Crippen LogP contribution in [0.2, 0.25) is 0 Å². The average molecular weight is 282 g/mol. The van der Waals surface area contributed by atoms with Crippen molar-refractivity contribution in [3.8, 4) is 0 Å². The number of nitrogens with one attached hydrogen (secondary N) is 2. The summed E-state index contributed by atoms with van der Waals surface area (Å²) in [6.45, 7) is 7.96. The molecule has 19 heavy (non-hydrogen) atoms. The number of aliphatic imine (C=N–C) groups is 1. The van der Waals surface area contributed by atoms with Gasteiger partial charge in [0.25, 0.3) is 0 Å². The summed E-state index contributed by atoms with van der Waals surface area (Å²) in [5.41, 5.74) is 0. The molecule has 0 amide bonds. The van der Waals surface area contributed by atoms with Gasteiger partial charge in [0.15, 0.2) is 5.96 Å². The number of hydrogen-bond acceptors (Lipinski definition) is 3. The first-order valence-electron chi connectivity index (χ1n) is 6.79. The van der Waals surface area contributed by atoms with Gasteiger partial charge in [0.1, 0.15) is 0 Å². The Hall–Kier alpha value is -1.07. The fraction of sp³-hybridized carbons (Fsp3) is 0.643. The Bertz CT molecular complexity index is 371. The second-order valence-corrected chi connectivity index (χ2v) is 5.99. The van der Waals surface area contributed by atoms with E-state index in [2.05, 4.69) is 67.9 Å². The predicted octanol–water partition coefficient (Wildman–Crippen LogP) is 2.31. The largest absolute Gasteiger partial charge is 0.357 e. The summed E-state index contributed by atoms with van der Waals surface area (Å²) in [4.78, 5) is 8.26. The first-order chi connectivity index (χ1) is 9.04. The average Bonchev–Trinajstić information content (AvgIpc) is 2.81. The maximum Gasteiger partial charge on any atom is 0.191 e. The Morgan fingerprint density at radius 1 is 1.42 bits per heavy atom. The topological polar surface area (TPSA) is 39.7 Å². The van der Waals surface area contributed by atoms with E-state index < -0.39 is 0 Å². The number of rotatable bonds is 6. The fourth-order valence-corrected chi connectivity index (χ4v) is 2.67. The molecule has 1 atom stereocenters. The smallest absolute Gasteiger partial charge is 0.191 e. The zero-order chi connectivity index (χ0) is 14.3. The Morgan fingerprint density at radius 3 is 2.63 bits per heavy atom. The highest BCUT2D eigenvalue weighted by Gasteiger charge is 2.14. The Morgan fingerprint density at radius 2 is 2.16 bits per heavy atom. The number of hydrogen-bond donors (Lipinski definition) is 2. The predicted molar refractivity (Wildman–Crippen MR) is 85.0 cm³/mol. The molecule has 0 bridgehead atoms. The van der Waals surface area contributed by atoms with Gasteiger partial charge >= 0.3 is 0 Å². The molecule has 2 N–H and O–H groups in total. The van der Waals surface area contributed by atoms with Crippen molar-refractivity contribution in [2.45, 2.75) is 32.9 Å². The molecule has 0 aliphatic rings. The van der Waals surface area contributed by atoms with E-state index in [-0.39, 0.29) is 0 Å². The maximum absolute atomic E-state index is 4.69. The molecule has 4 nitrogen and oxygen atoms in total. The van der Waals surface area contributed by atoms with Crippen molar-refractivity contribution in [2.24, 2.45) is 4.99 Å². The summed E-state index contributed by atoms with van der Waals surface area (Å²) < 4.78 is 0. The van der Waals surface area contributed by atoms with Crippen LogP contribution < -0.4 is 10.6 Å². The van der Waals surface area contributed by atoms with Crippen LogP contribution >= 0.6 is 11.3 Å². The third kappa shape index (κ3) is 5.61. The molecule has 1 aromatic rings. The fourth-order valence-electron chi connectivity index (χ4n) is 1.76. The summed E-state index contributed by atoms with van der Waals surface area (Å²) in [7, 11) is 4.20. The SMILES string of the molecule is CCNC(=NCC(c1cccs1)N(C)C)NC(C)C. The lowest BCUT2D eigenvalue weighted by molar-refractivity contribution is 0.310. The molecular weight excluding hydrogens is 256 g/mol. The molecular formula is C14H26N4S. The van der Waals surface area contributed by atoms with Gasteiger partial charge in [-0.05, 0) is 46.3 Å². The van der Waals surface area contributed by atoms with Crippen molar-refractivity contribution in [2.75, 3.05) is 27.2 Å². The Labute approximate surface area is 120 Å². The molecule has 0 spiro atoms. The molecule has 0 aliphatic carbocycles. The van der Waals surface area contributed by atoms with E-state index in [1.165, 1.54) is 4.88 Å². The lowest BCUT2D eigenvalue weighted by Gasteiger charge is -2.22. The molecule has 1 rings (SSSR count). The van der Waals surface area contributed by atoms with Gasteiger partial charge in [0.2, 0.25) is 0 Å². The van der Waals surface area contributed by atoms with E-state index >= 15 is 0 Å². The van der Waals surface area contributed by atoms with Crippen LogP contribution in [0, 0.1) is 0 Å². The minimum absolute atomic E-state index is 0.336. The van der Waals surface area contributed by atoms with Crippen LogP contribution in [-0.4, -0.2) is 44.1 Å². The van der Waals surface area contributed by atoms with Crippen molar-refractivity contribution in [3.05, 3.63) is 22.4 Å². The van der Waals surface area contributed by atoms with E-state index in [1.807, 2.05) is 0 Å². The van der Waals surface area contributed by atoms with Gasteiger partial charge in [-0.15, -0.1) is 11.3 Å². The number of likely N-dealkylation sites (N-methyl/N-ethyl adjacent to an activating group) is 1. The summed E-state index contributed by atoms with van der Waals surface area (Å²) in [5, 5.41) is 8.74. The molecule has 1 heterocycles. The van der Waals surface area contributed by atoms with Crippen LogP contribution in [0.5, 0.6) is 0 Å². The van der Waals surface area contributed by atoms with Crippen molar-refractivity contribution in [1.29, 1.82) is 0 Å². The second kappa shape index (κ2) is 8.17. The van der Waals surface area contributed by atoms with Crippen LogP contribution in [0.15, 0.2) is 22.5 Å². The van der Waals surface area contributed by atoms with Crippen molar-refractivity contribution in [3.63, 3.8) is 0 Å². The third-order valence-corrected chi connectivity index (χ3v) is 3.66. The standard InChI is InChI=1S/C14H26N4S/c1-6-15-14(17-11(2)3)16-10-12(18(4)5)13-8-7-9-19-13/h7-9,11-12H,6,10H2,1-5H3,(H2,15,16,17). The van der Waals surface area contributed by atoms with E-state index in [0.29, 0.717) is 12.1 Å². The molecule has 0 aliphatic heterocycles. The monoisotopic (exact) mass is 282 g/mol. The number of thiophene rings is 1. The normalized spacial score (nSPS) is 13.9. The lowest BCUT2D eigenvalue weighted by atomic mass is 10.2. The molecule has 0 saturated carbocycles.